The van der Waals surface area contributed by atoms with Gasteiger partial charge in [-0.1, -0.05) is 12.8 Å². The second-order valence-electron chi connectivity index (χ2n) is 5.60. The van der Waals surface area contributed by atoms with Crippen LogP contribution in [0.3, 0.4) is 0 Å². The van der Waals surface area contributed by atoms with Crippen molar-refractivity contribution in [2.24, 2.45) is 11.7 Å². The Kier molecular flexibility index (Phi) is 5.55. The molecule has 128 valence electrons. The van der Waals surface area contributed by atoms with Crippen LogP contribution in [0.25, 0.3) is 0 Å². The first-order valence-corrected chi connectivity index (χ1v) is 8.92. The highest BCUT2D eigenvalue weighted by atomic mass is 32.2. The quantitative estimate of drug-likeness (QED) is 0.594. The van der Waals surface area contributed by atoms with Gasteiger partial charge in [-0.05, 0) is 37.4 Å². The van der Waals surface area contributed by atoms with Gasteiger partial charge >= 0.3 is 5.69 Å². The summed E-state index contributed by atoms with van der Waals surface area (Å²) in [6.45, 7) is 0.413. The molecule has 0 aliphatic heterocycles. The van der Waals surface area contributed by atoms with Crippen molar-refractivity contribution in [3.63, 3.8) is 0 Å². The maximum absolute atomic E-state index is 12.5. The van der Waals surface area contributed by atoms with Crippen LogP contribution in [-0.2, 0) is 10.0 Å². The molecular weight excluding hydrogens is 322 g/mol. The Morgan fingerprint density at radius 1 is 1.39 bits per heavy atom. The topological polar surface area (TPSA) is 125 Å². The zero-order valence-corrected chi connectivity index (χ0v) is 13.7. The van der Waals surface area contributed by atoms with Gasteiger partial charge in [0.2, 0.25) is 10.0 Å². The first-order valence-electron chi connectivity index (χ1n) is 7.44. The zero-order valence-electron chi connectivity index (χ0n) is 12.9. The number of methoxy groups -OCH3 is 1. The highest BCUT2D eigenvalue weighted by molar-refractivity contribution is 7.89. The van der Waals surface area contributed by atoms with Crippen molar-refractivity contribution in [1.82, 2.24) is 4.72 Å². The van der Waals surface area contributed by atoms with Crippen LogP contribution >= 0.6 is 0 Å². The van der Waals surface area contributed by atoms with Crippen molar-refractivity contribution in [1.29, 1.82) is 0 Å². The number of sulfonamides is 1. The smallest absolute Gasteiger partial charge is 0.312 e. The molecule has 3 N–H and O–H groups in total. The van der Waals surface area contributed by atoms with Crippen molar-refractivity contribution in [3.05, 3.63) is 28.3 Å². The van der Waals surface area contributed by atoms with Crippen LogP contribution in [0, 0.1) is 16.0 Å². The molecule has 0 radical (unpaired) electrons. The molecule has 8 nitrogen and oxygen atoms in total. The van der Waals surface area contributed by atoms with Crippen molar-refractivity contribution in [2.75, 3.05) is 13.7 Å². The average molecular weight is 343 g/mol. The normalized spacial score (nSPS) is 21.8. The molecule has 23 heavy (non-hydrogen) atoms. The average Bonchev–Trinajstić information content (AvgIpc) is 2.54. The van der Waals surface area contributed by atoms with Gasteiger partial charge in [0.05, 0.1) is 16.9 Å². The van der Waals surface area contributed by atoms with Crippen molar-refractivity contribution in [3.8, 4) is 5.75 Å². The van der Waals surface area contributed by atoms with Crippen molar-refractivity contribution >= 4 is 15.7 Å². The summed E-state index contributed by atoms with van der Waals surface area (Å²) in [5, 5.41) is 11.0. The van der Waals surface area contributed by atoms with E-state index in [1.54, 1.807) is 0 Å². The standard InChI is InChI=1S/C14H21N3O5S/c1-22-14-7-6-11(8-13(14)17(18)19)23(20,21)16-12-5-3-2-4-10(12)9-15/h6-8,10,12,16H,2-5,9,15H2,1H3. The number of benzene rings is 1. The number of ether oxygens (including phenoxy) is 1. The zero-order chi connectivity index (χ0) is 17.0. The van der Waals surface area contributed by atoms with Gasteiger partial charge in [-0.2, -0.15) is 0 Å². The number of hydrogen-bond donors (Lipinski definition) is 2. The van der Waals surface area contributed by atoms with E-state index in [0.717, 1.165) is 31.7 Å². The fraction of sp³-hybridized carbons (Fsp3) is 0.571. The van der Waals surface area contributed by atoms with E-state index < -0.39 is 14.9 Å². The molecule has 2 rings (SSSR count). The van der Waals surface area contributed by atoms with Gasteiger partial charge in [0, 0.05) is 12.1 Å². The van der Waals surface area contributed by atoms with E-state index in [1.165, 1.54) is 19.2 Å². The van der Waals surface area contributed by atoms with Gasteiger partial charge in [0.25, 0.3) is 0 Å². The van der Waals surface area contributed by atoms with Gasteiger partial charge in [-0.25, -0.2) is 13.1 Å². The SMILES string of the molecule is COc1ccc(S(=O)(=O)NC2CCCCC2CN)cc1[N+](=O)[O-]. The fourth-order valence-electron chi connectivity index (χ4n) is 2.89. The fourth-order valence-corrected chi connectivity index (χ4v) is 4.25. The second kappa shape index (κ2) is 7.24. The Labute approximate surface area is 135 Å². The van der Waals surface area contributed by atoms with E-state index in [-0.39, 0.29) is 28.3 Å². The molecule has 0 spiro atoms. The predicted molar refractivity (Wildman–Crippen MR) is 84.8 cm³/mol. The van der Waals surface area contributed by atoms with Gasteiger partial charge < -0.3 is 10.5 Å². The summed E-state index contributed by atoms with van der Waals surface area (Å²) >= 11 is 0. The molecule has 1 saturated carbocycles. The van der Waals surface area contributed by atoms with Crippen molar-refractivity contribution < 1.29 is 18.1 Å². The maximum Gasteiger partial charge on any atom is 0.312 e. The van der Waals surface area contributed by atoms with E-state index in [0.29, 0.717) is 6.54 Å². The Morgan fingerprint density at radius 3 is 2.70 bits per heavy atom. The Hall–Kier alpha value is -1.71. The lowest BCUT2D eigenvalue weighted by atomic mass is 9.85. The Balaban J connectivity index is 2.28. The highest BCUT2D eigenvalue weighted by Crippen LogP contribution is 2.30. The summed E-state index contributed by atoms with van der Waals surface area (Å²) in [5.41, 5.74) is 5.33. The predicted octanol–water partition coefficient (Wildman–Crippen LogP) is 1.40. The molecule has 0 heterocycles. The maximum atomic E-state index is 12.5. The van der Waals surface area contributed by atoms with Crippen LogP contribution in [0.15, 0.2) is 23.1 Å². The molecule has 0 amide bonds. The van der Waals surface area contributed by atoms with E-state index >= 15 is 0 Å². The number of hydrogen-bond acceptors (Lipinski definition) is 6. The summed E-state index contributed by atoms with van der Waals surface area (Å²) in [4.78, 5) is 10.2. The molecule has 2 atom stereocenters. The van der Waals surface area contributed by atoms with Crippen LogP contribution in [0.2, 0.25) is 0 Å². The van der Waals surface area contributed by atoms with Crippen LogP contribution in [-0.4, -0.2) is 33.0 Å². The highest BCUT2D eigenvalue weighted by Gasteiger charge is 2.30. The van der Waals surface area contributed by atoms with E-state index in [1.807, 2.05) is 0 Å². The van der Waals surface area contributed by atoms with E-state index in [4.69, 9.17) is 10.5 Å². The third-order valence-electron chi connectivity index (χ3n) is 4.18. The Morgan fingerprint density at radius 2 is 2.09 bits per heavy atom. The first kappa shape index (κ1) is 17.6. The molecule has 0 aromatic heterocycles. The molecule has 1 aromatic rings. The molecule has 1 aliphatic rings. The molecule has 9 heteroatoms. The third-order valence-corrected chi connectivity index (χ3v) is 5.66. The molecule has 2 unspecified atom stereocenters. The molecule has 1 fully saturated rings. The van der Waals surface area contributed by atoms with Crippen LogP contribution in [0.5, 0.6) is 5.75 Å². The minimum Gasteiger partial charge on any atom is -0.490 e. The summed E-state index contributed by atoms with van der Waals surface area (Å²) < 4.78 is 32.6. The van der Waals surface area contributed by atoms with Crippen molar-refractivity contribution in [2.45, 2.75) is 36.6 Å². The largest absolute Gasteiger partial charge is 0.490 e. The molecule has 0 saturated heterocycles. The first-order chi connectivity index (χ1) is 10.9. The lowest BCUT2D eigenvalue weighted by Gasteiger charge is -2.31. The van der Waals surface area contributed by atoms with E-state index in [2.05, 4.69) is 4.72 Å². The summed E-state index contributed by atoms with van der Waals surface area (Å²) in [5.74, 6) is 0.109. The van der Waals surface area contributed by atoms with Gasteiger partial charge in [0.1, 0.15) is 0 Å². The molecule has 1 aliphatic carbocycles. The molecule has 1 aromatic carbocycles. The monoisotopic (exact) mass is 343 g/mol. The van der Waals surface area contributed by atoms with Gasteiger partial charge in [0.15, 0.2) is 5.75 Å². The van der Waals surface area contributed by atoms with Crippen LogP contribution in [0.1, 0.15) is 25.7 Å². The van der Waals surface area contributed by atoms with E-state index in [9.17, 15) is 18.5 Å². The molecular formula is C14H21N3O5S. The summed E-state index contributed by atoms with van der Waals surface area (Å²) in [7, 11) is -2.56. The minimum atomic E-state index is -3.85. The summed E-state index contributed by atoms with van der Waals surface area (Å²) in [6.07, 6.45) is 3.58. The summed E-state index contributed by atoms with van der Waals surface area (Å²) in [6, 6.07) is 3.36. The number of rotatable bonds is 6. The number of nitro groups is 1. The number of nitrogens with one attached hydrogen (secondary N) is 1. The van der Waals surface area contributed by atoms with Crippen LogP contribution < -0.4 is 15.2 Å². The lowest BCUT2D eigenvalue weighted by molar-refractivity contribution is -0.386. The lowest BCUT2D eigenvalue weighted by Crippen LogP contribution is -2.44. The van der Waals surface area contributed by atoms with Crippen LogP contribution in [0.4, 0.5) is 5.69 Å². The number of nitrogens with two attached hydrogens (primary N) is 1. The van der Waals surface area contributed by atoms with Gasteiger partial charge in [-0.3, -0.25) is 10.1 Å². The Bertz CT molecular complexity index is 677. The number of nitro benzene ring substituents is 1. The minimum absolute atomic E-state index is 0.0199. The number of nitrogens with zero attached hydrogens (tertiary/aromatic N) is 1. The third kappa shape index (κ3) is 3.98. The molecule has 0 bridgehead atoms. The van der Waals surface area contributed by atoms with Gasteiger partial charge in [-0.15, -0.1) is 0 Å². The second-order valence-corrected chi connectivity index (χ2v) is 7.31.